The van der Waals surface area contributed by atoms with Crippen LogP contribution >= 0.6 is 0 Å². The van der Waals surface area contributed by atoms with Gasteiger partial charge in [0.05, 0.1) is 5.69 Å². The number of hydrogen-bond donors (Lipinski definition) is 0. The average Bonchev–Trinajstić information content (AvgIpc) is 2.71. The second-order valence-corrected chi connectivity index (χ2v) is 4.48. The summed E-state index contributed by atoms with van der Waals surface area (Å²) < 4.78 is 18.3. The van der Waals surface area contributed by atoms with Gasteiger partial charge in [0.25, 0.3) is 0 Å². The molecule has 0 aliphatic rings. The molecule has 17 heavy (non-hydrogen) atoms. The van der Waals surface area contributed by atoms with Crippen LogP contribution in [0.25, 0.3) is 11.0 Å². The molecule has 0 saturated heterocycles. The Labute approximate surface area is 101 Å². The van der Waals surface area contributed by atoms with Gasteiger partial charge < -0.3 is 4.52 Å². The minimum Gasteiger partial charge on any atom is -0.356 e. The van der Waals surface area contributed by atoms with Crippen molar-refractivity contribution in [2.45, 2.75) is 45.4 Å². The maximum Gasteiger partial charge on any atom is 0.170 e. The molecular weight excluding hydrogens is 217 g/mol. The normalized spacial score (nSPS) is 11.5. The summed E-state index contributed by atoms with van der Waals surface area (Å²) in [6, 6.07) is 4.65. The summed E-state index contributed by atoms with van der Waals surface area (Å²) in [6.45, 7) is 4.34. The van der Waals surface area contributed by atoms with Gasteiger partial charge in [-0.15, -0.1) is 0 Å². The van der Waals surface area contributed by atoms with E-state index in [0.29, 0.717) is 11.5 Å². The van der Waals surface area contributed by atoms with Gasteiger partial charge in [0.15, 0.2) is 5.58 Å². The number of nitrogens with zero attached hydrogens (tertiary/aromatic N) is 1. The van der Waals surface area contributed by atoms with E-state index < -0.39 is 0 Å². The van der Waals surface area contributed by atoms with Crippen molar-refractivity contribution < 1.29 is 8.91 Å². The van der Waals surface area contributed by atoms with Crippen molar-refractivity contribution >= 4 is 11.0 Å². The van der Waals surface area contributed by atoms with Gasteiger partial charge in [-0.3, -0.25) is 0 Å². The second-order valence-electron chi connectivity index (χ2n) is 4.48. The highest BCUT2D eigenvalue weighted by atomic mass is 19.1. The van der Waals surface area contributed by atoms with Crippen molar-refractivity contribution in [2.24, 2.45) is 0 Å². The summed E-state index contributed by atoms with van der Waals surface area (Å²) in [6.07, 6.45) is 4.46. The highest BCUT2D eigenvalue weighted by Crippen LogP contribution is 2.31. The highest BCUT2D eigenvalue weighted by molar-refractivity contribution is 5.79. The fraction of sp³-hybridized carbons (Fsp3) is 0.500. The van der Waals surface area contributed by atoms with Crippen molar-refractivity contribution in [3.8, 4) is 0 Å². The first-order valence-electron chi connectivity index (χ1n) is 6.31. The first-order valence-corrected chi connectivity index (χ1v) is 6.31. The van der Waals surface area contributed by atoms with E-state index in [1.807, 2.05) is 0 Å². The summed E-state index contributed by atoms with van der Waals surface area (Å²) in [5.74, 6) is 0.152. The molecule has 92 valence electrons. The van der Waals surface area contributed by atoms with Gasteiger partial charge in [0.2, 0.25) is 0 Å². The average molecular weight is 235 g/mol. The molecule has 0 unspecified atom stereocenters. The molecule has 0 N–H and O–H groups in total. The summed E-state index contributed by atoms with van der Waals surface area (Å²) in [5, 5.41) is 5.09. The molecule has 1 aromatic heterocycles. The number of halogens is 1. The third-order valence-electron chi connectivity index (χ3n) is 3.12. The second kappa shape index (κ2) is 5.30. The van der Waals surface area contributed by atoms with E-state index in [0.717, 1.165) is 36.8 Å². The zero-order valence-electron chi connectivity index (χ0n) is 10.4. The summed E-state index contributed by atoms with van der Waals surface area (Å²) in [7, 11) is 0. The summed E-state index contributed by atoms with van der Waals surface area (Å²) in [4.78, 5) is 0. The lowest BCUT2D eigenvalue weighted by Crippen LogP contribution is -1.99. The van der Waals surface area contributed by atoms with E-state index in [2.05, 4.69) is 19.0 Å². The Bertz CT molecular complexity index is 486. The van der Waals surface area contributed by atoms with Gasteiger partial charge in [0.1, 0.15) is 5.82 Å². The molecule has 0 amide bonds. The van der Waals surface area contributed by atoms with Crippen LogP contribution in [0.4, 0.5) is 4.39 Å². The molecule has 0 atom stereocenters. The van der Waals surface area contributed by atoms with Gasteiger partial charge >= 0.3 is 0 Å². The van der Waals surface area contributed by atoms with Crippen molar-refractivity contribution in [1.82, 2.24) is 5.16 Å². The van der Waals surface area contributed by atoms with Crippen LogP contribution in [0.15, 0.2) is 22.7 Å². The molecule has 0 bridgehead atoms. The van der Waals surface area contributed by atoms with Crippen LogP contribution < -0.4 is 0 Å². The summed E-state index contributed by atoms with van der Waals surface area (Å²) >= 11 is 0. The molecule has 0 spiro atoms. The number of fused-ring (bicyclic) bond motifs is 1. The fourth-order valence-electron chi connectivity index (χ4n) is 2.34. The van der Waals surface area contributed by atoms with Crippen LogP contribution in [0.5, 0.6) is 0 Å². The minimum atomic E-state index is -0.275. The molecule has 1 heterocycles. The Morgan fingerprint density at radius 3 is 2.59 bits per heavy atom. The van der Waals surface area contributed by atoms with E-state index in [1.54, 1.807) is 6.07 Å². The van der Waals surface area contributed by atoms with Gasteiger partial charge in [-0.1, -0.05) is 31.8 Å². The topological polar surface area (TPSA) is 26.0 Å². The maximum atomic E-state index is 13.1. The lowest BCUT2D eigenvalue weighted by atomic mass is 9.93. The Hall–Kier alpha value is -1.38. The monoisotopic (exact) mass is 235 g/mol. The highest BCUT2D eigenvalue weighted by Gasteiger charge is 2.18. The quantitative estimate of drug-likeness (QED) is 0.753. The molecule has 3 heteroatoms. The third kappa shape index (κ3) is 2.48. The lowest BCUT2D eigenvalue weighted by molar-refractivity contribution is 0.424. The van der Waals surface area contributed by atoms with Gasteiger partial charge in [-0.05, 0) is 25.0 Å². The number of rotatable bonds is 5. The molecule has 0 aliphatic carbocycles. The van der Waals surface area contributed by atoms with Crippen molar-refractivity contribution in [3.05, 3.63) is 29.7 Å². The van der Waals surface area contributed by atoms with Crippen LogP contribution in [-0.2, 0) is 0 Å². The molecule has 0 fully saturated rings. The van der Waals surface area contributed by atoms with Gasteiger partial charge in [0, 0.05) is 17.4 Å². The standard InChI is InChI=1S/C14H18FNO/c1-3-5-10(6-4-2)14-12-8-7-11(15)9-13(12)17-16-14/h7-10H,3-6H2,1-2H3. The molecule has 0 aliphatic heterocycles. The number of benzene rings is 1. The van der Waals surface area contributed by atoms with Crippen molar-refractivity contribution in [2.75, 3.05) is 0 Å². The van der Waals surface area contributed by atoms with Crippen LogP contribution in [-0.4, -0.2) is 5.16 Å². The lowest BCUT2D eigenvalue weighted by Gasteiger charge is -2.11. The maximum absolute atomic E-state index is 13.1. The SMILES string of the molecule is CCCC(CCC)c1noc2cc(F)ccc12. The molecule has 2 nitrogen and oxygen atoms in total. The molecule has 0 saturated carbocycles. The van der Waals surface area contributed by atoms with Crippen molar-refractivity contribution in [1.29, 1.82) is 0 Å². The Morgan fingerprint density at radius 2 is 1.94 bits per heavy atom. The van der Waals surface area contributed by atoms with E-state index in [-0.39, 0.29) is 5.82 Å². The number of hydrogen-bond acceptors (Lipinski definition) is 2. The van der Waals surface area contributed by atoms with Gasteiger partial charge in [-0.2, -0.15) is 0 Å². The third-order valence-corrected chi connectivity index (χ3v) is 3.12. The zero-order chi connectivity index (χ0) is 12.3. The molecule has 2 rings (SSSR count). The van der Waals surface area contributed by atoms with Crippen LogP contribution in [0.3, 0.4) is 0 Å². The van der Waals surface area contributed by atoms with Crippen LogP contribution in [0.2, 0.25) is 0 Å². The molecular formula is C14H18FNO. The molecule has 1 aromatic carbocycles. The Kier molecular flexibility index (Phi) is 3.77. The van der Waals surface area contributed by atoms with Crippen molar-refractivity contribution in [3.63, 3.8) is 0 Å². The first kappa shape index (κ1) is 12.1. The van der Waals surface area contributed by atoms with E-state index in [4.69, 9.17) is 4.52 Å². The summed E-state index contributed by atoms with van der Waals surface area (Å²) in [5.41, 5.74) is 1.54. The molecule has 2 aromatic rings. The van der Waals surface area contributed by atoms with E-state index in [1.165, 1.54) is 12.1 Å². The predicted octanol–water partition coefficient (Wildman–Crippen LogP) is 4.65. The smallest absolute Gasteiger partial charge is 0.170 e. The minimum absolute atomic E-state index is 0.275. The van der Waals surface area contributed by atoms with Crippen LogP contribution in [0.1, 0.15) is 51.1 Å². The first-order chi connectivity index (χ1) is 8.26. The van der Waals surface area contributed by atoms with Gasteiger partial charge in [-0.25, -0.2) is 4.39 Å². The largest absolute Gasteiger partial charge is 0.356 e. The predicted molar refractivity (Wildman–Crippen MR) is 66.5 cm³/mol. The van der Waals surface area contributed by atoms with E-state index in [9.17, 15) is 4.39 Å². The Morgan fingerprint density at radius 1 is 1.24 bits per heavy atom. The van der Waals surface area contributed by atoms with Crippen LogP contribution in [0, 0.1) is 5.82 Å². The Balaban J connectivity index is 2.39. The zero-order valence-corrected chi connectivity index (χ0v) is 10.4. The van der Waals surface area contributed by atoms with E-state index >= 15 is 0 Å². The fourth-order valence-corrected chi connectivity index (χ4v) is 2.34. The molecule has 0 radical (unpaired) electrons. The number of aromatic nitrogens is 1.